The third-order valence-electron chi connectivity index (χ3n) is 9.11. The van der Waals surface area contributed by atoms with Crippen LogP contribution in [0.1, 0.15) is 133 Å². The van der Waals surface area contributed by atoms with Crippen LogP contribution in [-0.4, -0.2) is 50.9 Å². The Labute approximate surface area is 276 Å². The molecule has 0 N–H and O–H groups in total. The molecule has 0 bridgehead atoms. The second kappa shape index (κ2) is 21.1. The van der Waals surface area contributed by atoms with E-state index < -0.39 is 18.5 Å². The average Bonchev–Trinajstić information content (AvgIpc) is 3.41. The molecule has 7 nitrogen and oxygen atoms in total. The smallest absolute Gasteiger partial charge is 0.463 e. The molecule has 2 aliphatic rings. The topological polar surface area (TPSA) is 80.3 Å². The first kappa shape index (κ1) is 35.9. The number of benzene rings is 2. The van der Waals surface area contributed by atoms with Crippen LogP contribution in [0.25, 0.3) is 11.1 Å². The SMILES string of the molecule is CCCCCCCCCCCCCCCC(=O)OC[C@H](COC(=O)OCC1c2ccccc2-c2ccccc21)OC1CCCCO1. The van der Waals surface area contributed by atoms with Crippen molar-refractivity contribution in [3.05, 3.63) is 59.7 Å². The van der Waals surface area contributed by atoms with E-state index in [9.17, 15) is 9.59 Å². The Morgan fingerprint density at radius 2 is 1.28 bits per heavy atom. The summed E-state index contributed by atoms with van der Waals surface area (Å²) in [5, 5.41) is 0. The fraction of sp³-hybridized carbons (Fsp3) is 0.641. The van der Waals surface area contributed by atoms with Crippen molar-refractivity contribution in [3.8, 4) is 11.1 Å². The van der Waals surface area contributed by atoms with E-state index in [2.05, 4.69) is 31.2 Å². The quantitative estimate of drug-likeness (QED) is 0.0940. The number of esters is 1. The van der Waals surface area contributed by atoms with E-state index in [-0.39, 0.29) is 31.7 Å². The highest BCUT2D eigenvalue weighted by molar-refractivity contribution is 5.79. The minimum atomic E-state index is -0.765. The summed E-state index contributed by atoms with van der Waals surface area (Å²) in [7, 11) is 0. The average molecular weight is 637 g/mol. The molecule has 0 amide bonds. The molecule has 1 fully saturated rings. The van der Waals surface area contributed by atoms with Crippen LogP contribution in [0.3, 0.4) is 0 Å². The van der Waals surface area contributed by atoms with Crippen LogP contribution in [-0.2, 0) is 28.5 Å². The van der Waals surface area contributed by atoms with Crippen molar-refractivity contribution < 1.29 is 33.3 Å². The van der Waals surface area contributed by atoms with E-state index in [4.69, 9.17) is 23.7 Å². The molecule has 254 valence electrons. The lowest BCUT2D eigenvalue weighted by Gasteiger charge is -2.27. The van der Waals surface area contributed by atoms with E-state index in [1.807, 2.05) is 24.3 Å². The molecule has 2 aromatic rings. The lowest BCUT2D eigenvalue weighted by Crippen LogP contribution is -2.35. The minimum absolute atomic E-state index is 0.00773. The van der Waals surface area contributed by atoms with Crippen LogP contribution >= 0.6 is 0 Å². The van der Waals surface area contributed by atoms with Gasteiger partial charge in [-0.25, -0.2) is 4.79 Å². The molecule has 1 aliphatic carbocycles. The van der Waals surface area contributed by atoms with Gasteiger partial charge in [-0.05, 0) is 47.9 Å². The summed E-state index contributed by atoms with van der Waals surface area (Å²) in [6.07, 6.45) is 17.7. The van der Waals surface area contributed by atoms with Gasteiger partial charge in [0, 0.05) is 18.9 Å². The van der Waals surface area contributed by atoms with E-state index >= 15 is 0 Å². The van der Waals surface area contributed by atoms with Crippen molar-refractivity contribution in [1.82, 2.24) is 0 Å². The third kappa shape index (κ3) is 12.4. The molecular weight excluding hydrogens is 580 g/mol. The molecule has 0 aromatic heterocycles. The minimum Gasteiger partial charge on any atom is -0.463 e. The molecule has 7 heteroatoms. The Kier molecular flexibility index (Phi) is 16.5. The Balaban J connectivity index is 1.11. The maximum Gasteiger partial charge on any atom is 0.508 e. The van der Waals surface area contributed by atoms with Crippen molar-refractivity contribution in [2.45, 2.75) is 134 Å². The number of fused-ring (bicyclic) bond motifs is 3. The number of hydrogen-bond donors (Lipinski definition) is 0. The number of carbonyl (C=O) groups is 2. The predicted octanol–water partition coefficient (Wildman–Crippen LogP) is 9.89. The van der Waals surface area contributed by atoms with Gasteiger partial charge in [-0.2, -0.15) is 0 Å². The number of unbranched alkanes of at least 4 members (excludes halogenated alkanes) is 12. The van der Waals surface area contributed by atoms with Crippen LogP contribution < -0.4 is 0 Å². The Bertz CT molecular complexity index is 1110. The highest BCUT2D eigenvalue weighted by Gasteiger charge is 2.29. The number of ether oxygens (including phenoxy) is 5. The standard InChI is InChI=1S/C39H56O7/c1-2-3-4-5-6-7-8-9-10-11-12-13-14-25-37(40)43-28-31(46-38-26-19-20-27-42-38)29-44-39(41)45-30-36-34-23-17-15-21-32(34)33-22-16-18-24-35(33)36/h15-18,21-24,31,36,38H,2-14,19-20,25-30H2,1H3/t31-,38?/m1/s1. The molecular formula is C39H56O7. The number of rotatable bonds is 22. The van der Waals surface area contributed by atoms with Crippen molar-refractivity contribution in [2.24, 2.45) is 0 Å². The summed E-state index contributed by atoms with van der Waals surface area (Å²) in [5.74, 6) is -0.295. The first-order chi connectivity index (χ1) is 22.7. The highest BCUT2D eigenvalue weighted by Crippen LogP contribution is 2.44. The zero-order valence-corrected chi connectivity index (χ0v) is 28.1. The van der Waals surface area contributed by atoms with Crippen LogP contribution in [0.2, 0.25) is 0 Å². The third-order valence-corrected chi connectivity index (χ3v) is 9.11. The van der Waals surface area contributed by atoms with E-state index in [1.54, 1.807) is 0 Å². The summed E-state index contributed by atoms with van der Waals surface area (Å²) < 4.78 is 28.4. The number of carbonyl (C=O) groups excluding carboxylic acids is 2. The van der Waals surface area contributed by atoms with Crippen molar-refractivity contribution in [1.29, 1.82) is 0 Å². The largest absolute Gasteiger partial charge is 0.508 e. The summed E-state index contributed by atoms with van der Waals surface area (Å²) in [5.41, 5.74) is 4.62. The van der Waals surface area contributed by atoms with Crippen molar-refractivity contribution >= 4 is 12.1 Å². The maximum absolute atomic E-state index is 12.7. The molecule has 2 aromatic carbocycles. The van der Waals surface area contributed by atoms with Gasteiger partial charge < -0.3 is 23.7 Å². The van der Waals surface area contributed by atoms with E-state index in [1.165, 1.54) is 75.3 Å². The molecule has 0 radical (unpaired) electrons. The molecule has 46 heavy (non-hydrogen) atoms. The second-order valence-corrected chi connectivity index (χ2v) is 12.8. The fourth-order valence-electron chi connectivity index (χ4n) is 6.50. The molecule has 1 saturated heterocycles. The molecule has 2 atom stereocenters. The first-order valence-corrected chi connectivity index (χ1v) is 18.1. The summed E-state index contributed by atoms with van der Waals surface area (Å²) in [4.78, 5) is 25.2. The Hall–Kier alpha value is -2.90. The summed E-state index contributed by atoms with van der Waals surface area (Å²) in [6.45, 7) is 3.00. The molecule has 4 rings (SSSR count). The Morgan fingerprint density at radius 1 is 0.717 bits per heavy atom. The second-order valence-electron chi connectivity index (χ2n) is 12.8. The zero-order chi connectivity index (χ0) is 32.2. The van der Waals surface area contributed by atoms with Crippen molar-refractivity contribution in [3.63, 3.8) is 0 Å². The molecule has 1 unspecified atom stereocenters. The molecule has 0 saturated carbocycles. The molecule has 1 heterocycles. The molecule has 0 spiro atoms. The van der Waals surface area contributed by atoms with Gasteiger partial charge in [-0.15, -0.1) is 0 Å². The Morgan fingerprint density at radius 3 is 1.87 bits per heavy atom. The molecule has 1 aliphatic heterocycles. The highest BCUT2D eigenvalue weighted by atomic mass is 16.7. The van der Waals surface area contributed by atoms with Gasteiger partial charge in [0.15, 0.2) is 6.29 Å². The van der Waals surface area contributed by atoms with E-state index in [0.29, 0.717) is 13.0 Å². The van der Waals surface area contributed by atoms with Gasteiger partial charge in [0.2, 0.25) is 0 Å². The first-order valence-electron chi connectivity index (χ1n) is 18.1. The lowest BCUT2D eigenvalue weighted by molar-refractivity contribution is -0.206. The van der Waals surface area contributed by atoms with Gasteiger partial charge in [0.25, 0.3) is 0 Å². The number of hydrogen-bond acceptors (Lipinski definition) is 7. The monoisotopic (exact) mass is 636 g/mol. The van der Waals surface area contributed by atoms with Gasteiger partial charge in [-0.3, -0.25) is 4.79 Å². The fourth-order valence-corrected chi connectivity index (χ4v) is 6.50. The summed E-state index contributed by atoms with van der Waals surface area (Å²) in [6, 6.07) is 16.4. The zero-order valence-electron chi connectivity index (χ0n) is 28.1. The normalized spacial score (nSPS) is 16.4. The van der Waals surface area contributed by atoms with Crippen LogP contribution in [0, 0.1) is 0 Å². The van der Waals surface area contributed by atoms with Crippen molar-refractivity contribution in [2.75, 3.05) is 26.4 Å². The van der Waals surface area contributed by atoms with Gasteiger partial charge in [0.1, 0.15) is 25.9 Å². The van der Waals surface area contributed by atoms with Gasteiger partial charge in [0.05, 0.1) is 0 Å². The predicted molar refractivity (Wildman–Crippen MR) is 181 cm³/mol. The van der Waals surface area contributed by atoms with Crippen LogP contribution in [0.4, 0.5) is 4.79 Å². The van der Waals surface area contributed by atoms with Crippen LogP contribution in [0.5, 0.6) is 0 Å². The summed E-state index contributed by atoms with van der Waals surface area (Å²) >= 11 is 0. The van der Waals surface area contributed by atoms with Gasteiger partial charge in [-0.1, -0.05) is 133 Å². The van der Waals surface area contributed by atoms with Gasteiger partial charge >= 0.3 is 12.1 Å². The van der Waals surface area contributed by atoms with Crippen LogP contribution in [0.15, 0.2) is 48.5 Å². The maximum atomic E-state index is 12.7. The van der Waals surface area contributed by atoms with E-state index in [0.717, 1.165) is 49.7 Å². The lowest BCUT2D eigenvalue weighted by atomic mass is 9.98.